The van der Waals surface area contributed by atoms with Crippen LogP contribution in [0, 0.1) is 0 Å². The van der Waals surface area contributed by atoms with Crippen molar-refractivity contribution in [2.24, 2.45) is 0 Å². The van der Waals surface area contributed by atoms with E-state index in [0.717, 1.165) is 10.9 Å². The van der Waals surface area contributed by atoms with Crippen molar-refractivity contribution in [3.05, 3.63) is 35.0 Å². The standard InChI is InChI=1S/C12H12ClNO3/c1-6(11(15)12(16)17)7-5-14-9-4-2-3-8(13)10(7)9/h2-6,11,14-15H,1H3,(H,16,17)/t6-,11+/m1/s1. The smallest absolute Gasteiger partial charge is 0.333 e. The molecule has 2 aromatic rings. The average molecular weight is 254 g/mol. The van der Waals surface area contributed by atoms with Crippen molar-refractivity contribution in [3.8, 4) is 0 Å². The molecule has 3 N–H and O–H groups in total. The molecule has 1 aromatic heterocycles. The second kappa shape index (κ2) is 4.39. The van der Waals surface area contributed by atoms with Gasteiger partial charge in [0.1, 0.15) is 0 Å². The zero-order chi connectivity index (χ0) is 12.6. The monoisotopic (exact) mass is 253 g/mol. The fourth-order valence-corrected chi connectivity index (χ4v) is 2.19. The Balaban J connectivity index is 2.52. The summed E-state index contributed by atoms with van der Waals surface area (Å²) < 4.78 is 0. The van der Waals surface area contributed by atoms with E-state index in [4.69, 9.17) is 16.7 Å². The van der Waals surface area contributed by atoms with E-state index in [0.29, 0.717) is 10.6 Å². The minimum Gasteiger partial charge on any atom is -0.479 e. The van der Waals surface area contributed by atoms with Gasteiger partial charge < -0.3 is 15.2 Å². The van der Waals surface area contributed by atoms with E-state index in [1.807, 2.05) is 12.1 Å². The first-order valence-electron chi connectivity index (χ1n) is 5.18. The van der Waals surface area contributed by atoms with Crippen molar-refractivity contribution < 1.29 is 15.0 Å². The topological polar surface area (TPSA) is 73.3 Å². The summed E-state index contributed by atoms with van der Waals surface area (Å²) in [6, 6.07) is 5.40. The Morgan fingerprint density at radius 2 is 2.18 bits per heavy atom. The number of carbonyl (C=O) groups is 1. The second-order valence-electron chi connectivity index (χ2n) is 3.98. The molecule has 0 aliphatic rings. The van der Waals surface area contributed by atoms with Crippen LogP contribution in [0.2, 0.25) is 5.02 Å². The lowest BCUT2D eigenvalue weighted by Gasteiger charge is -2.14. The van der Waals surface area contributed by atoms with Crippen LogP contribution in [0.15, 0.2) is 24.4 Å². The van der Waals surface area contributed by atoms with Gasteiger partial charge in [0.2, 0.25) is 0 Å². The van der Waals surface area contributed by atoms with Gasteiger partial charge in [0.05, 0.1) is 5.02 Å². The molecule has 0 unspecified atom stereocenters. The van der Waals surface area contributed by atoms with Crippen LogP contribution in [-0.2, 0) is 4.79 Å². The molecule has 0 amide bonds. The van der Waals surface area contributed by atoms with Crippen LogP contribution in [0.1, 0.15) is 18.4 Å². The molecule has 0 aliphatic heterocycles. The number of aliphatic hydroxyl groups excluding tert-OH is 1. The Labute approximate surface area is 103 Å². The van der Waals surface area contributed by atoms with E-state index in [1.165, 1.54) is 0 Å². The third kappa shape index (κ3) is 2.01. The highest BCUT2D eigenvalue weighted by atomic mass is 35.5. The first kappa shape index (κ1) is 12.0. The number of halogens is 1. The molecule has 1 heterocycles. The number of hydrogen-bond acceptors (Lipinski definition) is 2. The molecule has 5 heteroatoms. The molecule has 4 nitrogen and oxygen atoms in total. The fraction of sp³-hybridized carbons (Fsp3) is 0.250. The van der Waals surface area contributed by atoms with Gasteiger partial charge in [-0.2, -0.15) is 0 Å². The van der Waals surface area contributed by atoms with Gasteiger partial charge in [-0.05, 0) is 17.7 Å². The lowest BCUT2D eigenvalue weighted by molar-refractivity contribution is -0.147. The summed E-state index contributed by atoms with van der Waals surface area (Å²) in [4.78, 5) is 13.8. The zero-order valence-electron chi connectivity index (χ0n) is 9.14. The minimum atomic E-state index is -1.44. The van der Waals surface area contributed by atoms with Crippen molar-refractivity contribution in [1.29, 1.82) is 0 Å². The number of H-pyrrole nitrogens is 1. The van der Waals surface area contributed by atoms with Gasteiger partial charge in [0, 0.05) is 23.0 Å². The van der Waals surface area contributed by atoms with Gasteiger partial charge in [-0.1, -0.05) is 24.6 Å². The number of aliphatic hydroxyl groups is 1. The van der Waals surface area contributed by atoms with E-state index in [9.17, 15) is 9.90 Å². The Morgan fingerprint density at radius 1 is 1.47 bits per heavy atom. The van der Waals surface area contributed by atoms with Crippen LogP contribution in [0.25, 0.3) is 10.9 Å². The van der Waals surface area contributed by atoms with Crippen LogP contribution in [0.5, 0.6) is 0 Å². The van der Waals surface area contributed by atoms with Gasteiger partial charge in [0.15, 0.2) is 6.10 Å². The fourth-order valence-electron chi connectivity index (χ4n) is 1.91. The van der Waals surface area contributed by atoms with Crippen molar-refractivity contribution >= 4 is 28.5 Å². The number of benzene rings is 1. The highest BCUT2D eigenvalue weighted by molar-refractivity contribution is 6.35. The molecule has 0 saturated heterocycles. The minimum absolute atomic E-state index is 0.527. The highest BCUT2D eigenvalue weighted by Gasteiger charge is 2.25. The van der Waals surface area contributed by atoms with Crippen molar-refractivity contribution in [2.75, 3.05) is 0 Å². The van der Waals surface area contributed by atoms with Gasteiger partial charge in [-0.15, -0.1) is 0 Å². The summed E-state index contributed by atoms with van der Waals surface area (Å²) >= 11 is 6.08. The molecule has 1 aromatic carbocycles. The third-order valence-electron chi connectivity index (χ3n) is 2.90. The van der Waals surface area contributed by atoms with E-state index >= 15 is 0 Å². The number of aliphatic carboxylic acids is 1. The van der Waals surface area contributed by atoms with E-state index < -0.39 is 18.0 Å². The molecule has 2 rings (SSSR count). The second-order valence-corrected chi connectivity index (χ2v) is 4.39. The zero-order valence-corrected chi connectivity index (χ0v) is 9.90. The number of aromatic nitrogens is 1. The van der Waals surface area contributed by atoms with Gasteiger partial charge >= 0.3 is 5.97 Å². The number of carboxylic acids is 1. The summed E-state index contributed by atoms with van der Waals surface area (Å²) in [6.07, 6.45) is 0.248. The maximum absolute atomic E-state index is 10.8. The molecule has 2 atom stereocenters. The summed E-state index contributed by atoms with van der Waals surface area (Å²) in [7, 11) is 0. The van der Waals surface area contributed by atoms with Crippen LogP contribution in [-0.4, -0.2) is 27.3 Å². The van der Waals surface area contributed by atoms with Crippen molar-refractivity contribution in [1.82, 2.24) is 4.98 Å². The Hall–Kier alpha value is -1.52. The summed E-state index contributed by atoms with van der Waals surface area (Å²) in [5, 5.41) is 19.7. The molecule has 0 fully saturated rings. The predicted octanol–water partition coefficient (Wildman–Crippen LogP) is 2.37. The van der Waals surface area contributed by atoms with Crippen LogP contribution in [0.3, 0.4) is 0 Å². The molecule has 17 heavy (non-hydrogen) atoms. The molecule has 0 spiro atoms. The Bertz CT molecular complexity index is 564. The number of aromatic amines is 1. The van der Waals surface area contributed by atoms with Gasteiger partial charge in [0.25, 0.3) is 0 Å². The van der Waals surface area contributed by atoms with Gasteiger partial charge in [-0.3, -0.25) is 0 Å². The first-order chi connectivity index (χ1) is 8.02. The number of carboxylic acid groups (broad SMARTS) is 1. The molecule has 0 bridgehead atoms. The van der Waals surface area contributed by atoms with Crippen LogP contribution in [0.4, 0.5) is 0 Å². The van der Waals surface area contributed by atoms with Crippen LogP contribution >= 0.6 is 11.6 Å². The summed E-state index contributed by atoms with van der Waals surface area (Å²) in [6.45, 7) is 1.66. The van der Waals surface area contributed by atoms with Crippen molar-refractivity contribution in [2.45, 2.75) is 18.9 Å². The molecule has 90 valence electrons. The number of rotatable bonds is 3. The maximum Gasteiger partial charge on any atom is 0.333 e. The summed E-state index contributed by atoms with van der Waals surface area (Å²) in [5.74, 6) is -1.76. The van der Waals surface area contributed by atoms with Gasteiger partial charge in [-0.25, -0.2) is 4.79 Å². The quantitative estimate of drug-likeness (QED) is 0.786. The predicted molar refractivity (Wildman–Crippen MR) is 65.4 cm³/mol. The molecular weight excluding hydrogens is 242 g/mol. The molecule has 0 radical (unpaired) electrons. The van der Waals surface area contributed by atoms with Crippen molar-refractivity contribution in [3.63, 3.8) is 0 Å². The maximum atomic E-state index is 10.8. The summed E-state index contributed by atoms with van der Waals surface area (Å²) in [5.41, 5.74) is 1.54. The average Bonchev–Trinajstić information content (AvgIpc) is 2.72. The van der Waals surface area contributed by atoms with E-state index in [-0.39, 0.29) is 0 Å². The SMILES string of the molecule is C[C@H](c1c[nH]c2cccc(Cl)c12)[C@H](O)C(=O)O. The largest absolute Gasteiger partial charge is 0.479 e. The third-order valence-corrected chi connectivity index (χ3v) is 3.22. The molecular formula is C12H12ClNO3. The lowest BCUT2D eigenvalue weighted by Crippen LogP contribution is -2.25. The number of hydrogen-bond donors (Lipinski definition) is 3. The van der Waals surface area contributed by atoms with E-state index in [1.54, 1.807) is 19.2 Å². The highest BCUT2D eigenvalue weighted by Crippen LogP contribution is 2.32. The Morgan fingerprint density at radius 3 is 2.82 bits per heavy atom. The lowest BCUT2D eigenvalue weighted by atomic mass is 9.95. The van der Waals surface area contributed by atoms with Crippen LogP contribution < -0.4 is 0 Å². The first-order valence-corrected chi connectivity index (χ1v) is 5.56. The molecule has 0 saturated carbocycles. The number of nitrogens with one attached hydrogen (secondary N) is 1. The Kier molecular flexibility index (Phi) is 3.09. The van der Waals surface area contributed by atoms with E-state index in [2.05, 4.69) is 4.98 Å². The normalized spacial score (nSPS) is 14.8. The molecule has 0 aliphatic carbocycles. The number of fused-ring (bicyclic) bond motifs is 1.